The van der Waals surface area contributed by atoms with Crippen molar-refractivity contribution >= 4 is 5.97 Å². The van der Waals surface area contributed by atoms with Crippen LogP contribution in [0.2, 0.25) is 0 Å². The molecular weight excluding hydrogens is 689 g/mol. The Morgan fingerprint density at radius 2 is 1.09 bits per heavy atom. The van der Waals surface area contributed by atoms with E-state index < -0.39 is 18.2 Å². The van der Waals surface area contributed by atoms with E-state index in [0.717, 1.165) is 33.4 Å². The van der Waals surface area contributed by atoms with Crippen LogP contribution < -0.4 is 23.7 Å². The van der Waals surface area contributed by atoms with Crippen molar-refractivity contribution in [3.8, 4) is 28.7 Å². The third-order valence-electron chi connectivity index (χ3n) is 9.38. The molecule has 55 heavy (non-hydrogen) atoms. The zero-order valence-corrected chi connectivity index (χ0v) is 30.8. The van der Waals surface area contributed by atoms with Crippen molar-refractivity contribution in [1.29, 1.82) is 0 Å². The molecule has 0 N–H and O–H groups in total. The predicted octanol–water partition coefficient (Wildman–Crippen LogP) is 10.7. The van der Waals surface area contributed by atoms with Crippen molar-refractivity contribution in [1.82, 2.24) is 0 Å². The summed E-state index contributed by atoms with van der Waals surface area (Å²) in [5.74, 6) is 2.10. The zero-order chi connectivity index (χ0) is 37.8. The Bertz CT molecular complexity index is 2150. The van der Waals surface area contributed by atoms with Crippen molar-refractivity contribution in [2.45, 2.75) is 57.9 Å². The molecule has 0 spiro atoms. The molecule has 7 heteroatoms. The fraction of sp³-hybridized carbons (Fsp3) is 0.188. The van der Waals surface area contributed by atoms with Gasteiger partial charge in [-0.15, -0.1) is 6.58 Å². The number of fused-ring (bicyclic) bond motifs is 1. The minimum Gasteiger partial charge on any atom is -0.489 e. The topological polar surface area (TPSA) is 72.5 Å². The third-order valence-corrected chi connectivity index (χ3v) is 9.38. The number of hydrogen-bond donors (Lipinski definition) is 0. The maximum absolute atomic E-state index is 12.8. The molecule has 3 atom stereocenters. The van der Waals surface area contributed by atoms with E-state index in [2.05, 4.69) is 6.58 Å². The van der Waals surface area contributed by atoms with Gasteiger partial charge in [0.2, 0.25) is 0 Å². The van der Waals surface area contributed by atoms with Gasteiger partial charge in [0.15, 0.2) is 23.7 Å². The van der Waals surface area contributed by atoms with Crippen LogP contribution in [0.1, 0.15) is 58.7 Å². The van der Waals surface area contributed by atoms with Gasteiger partial charge in [-0.2, -0.15) is 0 Å². The lowest BCUT2D eigenvalue weighted by molar-refractivity contribution is -0.154. The molecule has 1 aliphatic heterocycles. The summed E-state index contributed by atoms with van der Waals surface area (Å²) in [5, 5.41) is 0. The second-order valence-corrected chi connectivity index (χ2v) is 13.4. The van der Waals surface area contributed by atoms with Crippen LogP contribution in [-0.4, -0.2) is 12.1 Å². The zero-order valence-electron chi connectivity index (χ0n) is 30.8. The minimum absolute atomic E-state index is 0.324. The van der Waals surface area contributed by atoms with E-state index in [-0.39, 0.29) is 5.92 Å². The van der Waals surface area contributed by atoms with Gasteiger partial charge in [0.25, 0.3) is 0 Å². The van der Waals surface area contributed by atoms with Gasteiger partial charge in [-0.25, -0.2) is 0 Å². The molecular formula is C48H44O7. The largest absolute Gasteiger partial charge is 0.489 e. The van der Waals surface area contributed by atoms with E-state index in [1.807, 2.05) is 158 Å². The molecule has 7 nitrogen and oxygen atoms in total. The van der Waals surface area contributed by atoms with Crippen LogP contribution in [0.15, 0.2) is 164 Å². The van der Waals surface area contributed by atoms with E-state index in [1.165, 1.54) is 6.92 Å². The van der Waals surface area contributed by atoms with Gasteiger partial charge in [-0.1, -0.05) is 133 Å². The number of carbonyl (C=O) groups is 1. The Morgan fingerprint density at radius 1 is 0.600 bits per heavy atom. The van der Waals surface area contributed by atoms with Gasteiger partial charge >= 0.3 is 5.97 Å². The van der Waals surface area contributed by atoms with Crippen molar-refractivity contribution in [3.63, 3.8) is 0 Å². The van der Waals surface area contributed by atoms with Crippen LogP contribution in [-0.2, 0) is 36.0 Å². The fourth-order valence-electron chi connectivity index (χ4n) is 6.73. The Hall–Kier alpha value is -6.47. The molecule has 0 fully saturated rings. The first kappa shape index (κ1) is 36.9. The standard InChI is InChI=1S/C48H44O7/c1-3-16-41-46-44(53-33-38-23-14-7-15-24-38)28-40(50-30-35-17-8-4-9-18-35)29-45(46)55-47(48(41)54-34(2)49)39-25-26-42(51-31-36-19-10-5-11-20-36)43(27-39)52-32-37-21-12-6-13-22-37/h3-15,17-29,41,47-48H,1,16,30-33H2,2H3/t41-,47+,48-/m0/s1. The maximum Gasteiger partial charge on any atom is 0.303 e. The fourth-order valence-corrected chi connectivity index (χ4v) is 6.73. The van der Waals surface area contributed by atoms with E-state index in [0.29, 0.717) is 61.6 Å². The van der Waals surface area contributed by atoms with Crippen LogP contribution in [0.3, 0.4) is 0 Å². The van der Waals surface area contributed by atoms with E-state index >= 15 is 0 Å². The molecule has 1 aliphatic rings. The molecule has 0 aromatic heterocycles. The lowest BCUT2D eigenvalue weighted by Crippen LogP contribution is -2.38. The number of benzene rings is 6. The van der Waals surface area contributed by atoms with Gasteiger partial charge < -0.3 is 28.4 Å². The molecule has 0 bridgehead atoms. The first-order chi connectivity index (χ1) is 27.0. The van der Waals surface area contributed by atoms with Gasteiger partial charge in [-0.05, 0) is 40.8 Å². The smallest absolute Gasteiger partial charge is 0.303 e. The molecule has 0 saturated heterocycles. The summed E-state index contributed by atoms with van der Waals surface area (Å²) >= 11 is 0. The van der Waals surface area contributed by atoms with Crippen LogP contribution in [0.5, 0.6) is 28.7 Å². The van der Waals surface area contributed by atoms with Crippen molar-refractivity contribution in [2.24, 2.45) is 0 Å². The van der Waals surface area contributed by atoms with Gasteiger partial charge in [0, 0.05) is 36.1 Å². The maximum atomic E-state index is 12.8. The second-order valence-electron chi connectivity index (χ2n) is 13.4. The summed E-state index contributed by atoms with van der Waals surface area (Å²) in [5.41, 5.74) is 5.63. The molecule has 0 aliphatic carbocycles. The van der Waals surface area contributed by atoms with Gasteiger partial charge in [0.1, 0.15) is 43.7 Å². The van der Waals surface area contributed by atoms with Crippen molar-refractivity contribution < 1.29 is 33.2 Å². The molecule has 0 unspecified atom stereocenters. The average molecular weight is 733 g/mol. The molecule has 1 heterocycles. The summed E-state index contributed by atoms with van der Waals surface area (Å²) < 4.78 is 38.8. The van der Waals surface area contributed by atoms with Gasteiger partial charge in [0.05, 0.1) is 0 Å². The van der Waals surface area contributed by atoms with E-state index in [1.54, 1.807) is 0 Å². The number of esters is 1. The normalized spacial score (nSPS) is 15.8. The highest BCUT2D eigenvalue weighted by molar-refractivity contribution is 5.67. The summed E-state index contributed by atoms with van der Waals surface area (Å²) in [7, 11) is 0. The Labute approximate surface area is 322 Å². The second kappa shape index (κ2) is 18.0. The highest BCUT2D eigenvalue weighted by Gasteiger charge is 2.43. The van der Waals surface area contributed by atoms with Crippen LogP contribution in [0.25, 0.3) is 0 Å². The first-order valence-corrected chi connectivity index (χ1v) is 18.5. The molecule has 278 valence electrons. The first-order valence-electron chi connectivity index (χ1n) is 18.5. The van der Waals surface area contributed by atoms with Crippen LogP contribution >= 0.6 is 0 Å². The summed E-state index contributed by atoms with van der Waals surface area (Å²) in [4.78, 5) is 12.8. The summed E-state index contributed by atoms with van der Waals surface area (Å²) in [6, 6.07) is 49.4. The lowest BCUT2D eigenvalue weighted by Gasteiger charge is -2.40. The SMILES string of the molecule is C=CC[C@H]1c2c(OCc3ccccc3)cc(OCc3ccccc3)cc2O[C@H](c2ccc(OCc3ccccc3)c(OCc3ccccc3)c2)[C@H]1OC(C)=O. The highest BCUT2D eigenvalue weighted by atomic mass is 16.6. The van der Waals surface area contributed by atoms with E-state index in [9.17, 15) is 4.79 Å². The highest BCUT2D eigenvalue weighted by Crippen LogP contribution is 2.52. The Morgan fingerprint density at radius 3 is 1.60 bits per heavy atom. The van der Waals surface area contributed by atoms with Crippen LogP contribution in [0, 0.1) is 0 Å². The predicted molar refractivity (Wildman–Crippen MR) is 212 cm³/mol. The van der Waals surface area contributed by atoms with Gasteiger partial charge in [-0.3, -0.25) is 4.79 Å². The summed E-state index contributed by atoms with van der Waals surface area (Å²) in [6.45, 7) is 6.88. The van der Waals surface area contributed by atoms with Crippen LogP contribution in [0.4, 0.5) is 0 Å². The minimum atomic E-state index is -0.726. The number of ether oxygens (including phenoxy) is 6. The average Bonchev–Trinajstić information content (AvgIpc) is 3.22. The summed E-state index contributed by atoms with van der Waals surface area (Å²) in [6.07, 6.45) is 0.890. The number of rotatable bonds is 16. The Kier molecular flexibility index (Phi) is 12.1. The molecule has 0 saturated carbocycles. The number of allylic oxidation sites excluding steroid dienone is 1. The third kappa shape index (κ3) is 9.56. The van der Waals surface area contributed by atoms with Crippen molar-refractivity contribution in [3.05, 3.63) is 198 Å². The molecule has 0 amide bonds. The van der Waals surface area contributed by atoms with Crippen molar-refractivity contribution in [2.75, 3.05) is 0 Å². The molecule has 7 rings (SSSR count). The quantitative estimate of drug-likeness (QED) is 0.0724. The number of hydrogen-bond acceptors (Lipinski definition) is 7. The molecule has 6 aromatic rings. The lowest BCUT2D eigenvalue weighted by atomic mass is 9.81. The molecule has 0 radical (unpaired) electrons. The monoisotopic (exact) mass is 732 g/mol. The Balaban J connectivity index is 1.27. The number of carbonyl (C=O) groups excluding carboxylic acids is 1. The molecule has 6 aromatic carbocycles. The van der Waals surface area contributed by atoms with E-state index in [4.69, 9.17) is 28.4 Å².